The van der Waals surface area contributed by atoms with Crippen LogP contribution in [0.2, 0.25) is 18.1 Å². The second-order valence-corrected chi connectivity index (χ2v) is 11.9. The summed E-state index contributed by atoms with van der Waals surface area (Å²) in [6.45, 7) is 14.1. The molecule has 2 bridgehead atoms. The van der Waals surface area contributed by atoms with E-state index in [-0.39, 0.29) is 0 Å². The molecular formula is C13H27NOSi. The summed E-state index contributed by atoms with van der Waals surface area (Å²) in [7, 11) is -1.56. The zero-order valence-corrected chi connectivity index (χ0v) is 12.5. The zero-order chi connectivity index (χ0) is 12.0. The highest BCUT2D eigenvalue weighted by Gasteiger charge is 2.46. The highest BCUT2D eigenvalue weighted by molar-refractivity contribution is 6.74. The minimum absolute atomic E-state index is 0.345. The van der Waals surface area contributed by atoms with Crippen LogP contribution < -0.4 is 5.32 Å². The molecule has 1 N–H and O–H groups in total. The van der Waals surface area contributed by atoms with Crippen molar-refractivity contribution in [1.29, 1.82) is 0 Å². The lowest BCUT2D eigenvalue weighted by atomic mass is 9.97. The van der Waals surface area contributed by atoms with Crippen molar-refractivity contribution in [1.82, 2.24) is 5.32 Å². The van der Waals surface area contributed by atoms with Crippen molar-refractivity contribution in [3.63, 3.8) is 0 Å². The van der Waals surface area contributed by atoms with Crippen LogP contribution in [0.4, 0.5) is 0 Å². The minimum Gasteiger partial charge on any atom is -0.413 e. The normalized spacial score (nSPS) is 35.4. The molecule has 16 heavy (non-hydrogen) atoms. The molecule has 94 valence electrons. The monoisotopic (exact) mass is 241 g/mol. The van der Waals surface area contributed by atoms with E-state index in [1.165, 1.54) is 25.9 Å². The number of rotatable bonds is 2. The molecule has 1 saturated carbocycles. The Kier molecular flexibility index (Phi) is 3.23. The summed E-state index contributed by atoms with van der Waals surface area (Å²) in [4.78, 5) is 0. The van der Waals surface area contributed by atoms with Crippen molar-refractivity contribution in [2.45, 2.75) is 57.8 Å². The highest BCUT2D eigenvalue weighted by Crippen LogP contribution is 2.43. The molecule has 2 fully saturated rings. The van der Waals surface area contributed by atoms with Gasteiger partial charge in [-0.25, -0.2) is 0 Å². The third kappa shape index (κ3) is 2.22. The molecule has 0 aromatic heterocycles. The Hall–Kier alpha value is 0.137. The van der Waals surface area contributed by atoms with Gasteiger partial charge in [-0.15, -0.1) is 0 Å². The van der Waals surface area contributed by atoms with Crippen LogP contribution in [-0.4, -0.2) is 27.5 Å². The fourth-order valence-electron chi connectivity index (χ4n) is 2.74. The van der Waals surface area contributed by atoms with E-state index >= 15 is 0 Å². The van der Waals surface area contributed by atoms with Crippen molar-refractivity contribution in [2.24, 2.45) is 11.8 Å². The van der Waals surface area contributed by atoms with Gasteiger partial charge >= 0.3 is 0 Å². The smallest absolute Gasteiger partial charge is 0.192 e. The molecule has 1 saturated heterocycles. The zero-order valence-electron chi connectivity index (χ0n) is 11.5. The first-order valence-electron chi connectivity index (χ1n) is 6.70. The van der Waals surface area contributed by atoms with Gasteiger partial charge in [-0.1, -0.05) is 20.8 Å². The van der Waals surface area contributed by atoms with Gasteiger partial charge in [0, 0.05) is 13.1 Å². The van der Waals surface area contributed by atoms with Crippen LogP contribution in [0.25, 0.3) is 0 Å². The second kappa shape index (κ2) is 4.11. The van der Waals surface area contributed by atoms with E-state index in [0.717, 1.165) is 11.8 Å². The van der Waals surface area contributed by atoms with E-state index in [4.69, 9.17) is 4.43 Å². The molecule has 0 spiro atoms. The quantitative estimate of drug-likeness (QED) is 0.751. The molecule has 2 aliphatic rings. The van der Waals surface area contributed by atoms with Gasteiger partial charge in [0.15, 0.2) is 8.32 Å². The van der Waals surface area contributed by atoms with E-state index in [9.17, 15) is 0 Å². The first-order chi connectivity index (χ1) is 7.31. The Morgan fingerprint density at radius 2 is 1.56 bits per heavy atom. The van der Waals surface area contributed by atoms with Crippen LogP contribution in [0, 0.1) is 11.8 Å². The predicted octanol–water partition coefficient (Wildman–Crippen LogP) is 3.01. The topological polar surface area (TPSA) is 21.3 Å². The molecule has 1 aliphatic carbocycles. The maximum atomic E-state index is 6.63. The van der Waals surface area contributed by atoms with Crippen LogP contribution >= 0.6 is 0 Å². The van der Waals surface area contributed by atoms with Gasteiger partial charge < -0.3 is 9.74 Å². The van der Waals surface area contributed by atoms with E-state index in [1.54, 1.807) is 0 Å². The van der Waals surface area contributed by atoms with Crippen LogP contribution in [0.15, 0.2) is 0 Å². The lowest BCUT2D eigenvalue weighted by Gasteiger charge is -2.43. The van der Waals surface area contributed by atoms with Crippen LogP contribution in [0.5, 0.6) is 0 Å². The molecule has 2 rings (SSSR count). The molecule has 0 amide bonds. The summed E-state index contributed by atoms with van der Waals surface area (Å²) >= 11 is 0. The third-order valence-electron chi connectivity index (χ3n) is 4.89. The fourth-order valence-corrected chi connectivity index (χ4v) is 4.16. The molecular weight excluding hydrogens is 214 g/mol. The van der Waals surface area contributed by atoms with Crippen LogP contribution in [0.3, 0.4) is 0 Å². The van der Waals surface area contributed by atoms with Gasteiger partial charge in [0.05, 0.1) is 6.10 Å². The van der Waals surface area contributed by atoms with Crippen molar-refractivity contribution < 1.29 is 4.43 Å². The Morgan fingerprint density at radius 1 is 1.06 bits per heavy atom. The molecule has 1 aliphatic heterocycles. The maximum absolute atomic E-state index is 6.63. The summed E-state index contributed by atoms with van der Waals surface area (Å²) in [5, 5.41) is 3.88. The SMILES string of the molecule is CC(C)(C)[Si](C)(C)OC1C2CCC1CNC2. The van der Waals surface area contributed by atoms with E-state index < -0.39 is 8.32 Å². The number of fused-ring (bicyclic) bond motifs is 2. The van der Waals surface area contributed by atoms with E-state index in [1.807, 2.05) is 0 Å². The summed E-state index contributed by atoms with van der Waals surface area (Å²) in [5.41, 5.74) is 0. The molecule has 0 aromatic carbocycles. The Labute approximate surface area is 101 Å². The van der Waals surface area contributed by atoms with Crippen LogP contribution in [0.1, 0.15) is 33.6 Å². The molecule has 1 heterocycles. The first-order valence-corrected chi connectivity index (χ1v) is 9.60. The van der Waals surface area contributed by atoms with Gasteiger partial charge in [0.1, 0.15) is 0 Å². The standard InChI is InChI=1S/C13H27NOSi/c1-13(2,3)16(4,5)15-12-10-6-7-11(12)9-14-8-10/h10-12,14H,6-9H2,1-5H3. The van der Waals surface area contributed by atoms with Gasteiger partial charge in [0.2, 0.25) is 0 Å². The first kappa shape index (κ1) is 12.6. The van der Waals surface area contributed by atoms with Gasteiger partial charge in [-0.3, -0.25) is 0 Å². The average Bonchev–Trinajstić information content (AvgIpc) is 2.39. The number of hydrogen-bond acceptors (Lipinski definition) is 2. The molecule has 0 aromatic rings. The Balaban J connectivity index is 2.05. The van der Waals surface area contributed by atoms with Crippen molar-refractivity contribution >= 4 is 8.32 Å². The second-order valence-electron chi connectivity index (χ2n) is 7.10. The molecule has 3 heteroatoms. The van der Waals surface area contributed by atoms with Crippen LogP contribution in [-0.2, 0) is 4.43 Å². The molecule has 2 nitrogen and oxygen atoms in total. The highest BCUT2D eigenvalue weighted by atomic mass is 28.4. The number of piperidine rings is 1. The summed E-state index contributed by atoms with van der Waals surface area (Å²) in [6, 6.07) is 0. The fraction of sp³-hybridized carbons (Fsp3) is 1.00. The molecule has 2 unspecified atom stereocenters. The maximum Gasteiger partial charge on any atom is 0.192 e. The third-order valence-corrected chi connectivity index (χ3v) is 9.36. The minimum atomic E-state index is -1.56. The Bertz CT molecular complexity index is 243. The molecule has 0 radical (unpaired) electrons. The summed E-state index contributed by atoms with van der Waals surface area (Å²) in [6.07, 6.45) is 3.30. The van der Waals surface area contributed by atoms with E-state index in [0.29, 0.717) is 11.1 Å². The lowest BCUT2D eigenvalue weighted by Crippen LogP contribution is -2.51. The Morgan fingerprint density at radius 3 is 2.00 bits per heavy atom. The predicted molar refractivity (Wildman–Crippen MR) is 71.2 cm³/mol. The molecule has 2 atom stereocenters. The van der Waals surface area contributed by atoms with Gasteiger partial charge in [0.25, 0.3) is 0 Å². The number of hydrogen-bond donors (Lipinski definition) is 1. The van der Waals surface area contributed by atoms with Crippen molar-refractivity contribution in [2.75, 3.05) is 13.1 Å². The summed E-state index contributed by atoms with van der Waals surface area (Å²) in [5.74, 6) is 1.57. The van der Waals surface area contributed by atoms with E-state index in [2.05, 4.69) is 39.2 Å². The largest absolute Gasteiger partial charge is 0.413 e. The summed E-state index contributed by atoms with van der Waals surface area (Å²) < 4.78 is 6.63. The number of nitrogens with one attached hydrogen (secondary N) is 1. The van der Waals surface area contributed by atoms with Crippen molar-refractivity contribution in [3.05, 3.63) is 0 Å². The van der Waals surface area contributed by atoms with Crippen molar-refractivity contribution in [3.8, 4) is 0 Å². The average molecular weight is 241 g/mol. The van der Waals surface area contributed by atoms with Gasteiger partial charge in [-0.2, -0.15) is 0 Å². The van der Waals surface area contributed by atoms with Gasteiger partial charge in [-0.05, 0) is 42.8 Å². The lowest BCUT2D eigenvalue weighted by molar-refractivity contribution is 0.0794.